The number of hydrogen-bond acceptors (Lipinski definition) is 6. The van der Waals surface area contributed by atoms with Gasteiger partial charge in [-0.25, -0.2) is 9.78 Å². The molecule has 0 unspecified atom stereocenters. The molecule has 2 rings (SSSR count). The summed E-state index contributed by atoms with van der Waals surface area (Å²) in [5.74, 6) is -0.301. The summed E-state index contributed by atoms with van der Waals surface area (Å²) < 4.78 is 10.4. The summed E-state index contributed by atoms with van der Waals surface area (Å²) in [4.78, 5) is 18.9. The van der Waals surface area contributed by atoms with Crippen molar-refractivity contribution in [2.75, 3.05) is 31.7 Å². The van der Waals surface area contributed by atoms with Crippen LogP contribution in [0.25, 0.3) is 0 Å². The van der Waals surface area contributed by atoms with E-state index in [0.29, 0.717) is 11.0 Å². The lowest BCUT2D eigenvalue weighted by molar-refractivity contribution is 0.0459. The molecule has 0 atom stereocenters. The van der Waals surface area contributed by atoms with Crippen LogP contribution in [0.4, 0.5) is 5.13 Å². The molecule has 0 aromatic carbocycles. The van der Waals surface area contributed by atoms with Crippen LogP contribution in [0.2, 0.25) is 0 Å². The van der Waals surface area contributed by atoms with Gasteiger partial charge in [0.1, 0.15) is 4.88 Å². The van der Waals surface area contributed by atoms with E-state index < -0.39 is 0 Å². The minimum atomic E-state index is -0.301. The quantitative estimate of drug-likeness (QED) is 0.794. The van der Waals surface area contributed by atoms with Crippen LogP contribution in [-0.4, -0.2) is 43.9 Å². The van der Waals surface area contributed by atoms with Gasteiger partial charge in [0, 0.05) is 19.7 Å². The van der Waals surface area contributed by atoms with Gasteiger partial charge in [-0.1, -0.05) is 11.3 Å². The van der Waals surface area contributed by atoms with Crippen molar-refractivity contribution < 1.29 is 14.3 Å². The van der Waals surface area contributed by atoms with Crippen molar-refractivity contribution in [2.24, 2.45) is 0 Å². The van der Waals surface area contributed by atoms with Crippen LogP contribution in [-0.2, 0) is 9.47 Å². The Morgan fingerprint density at radius 3 is 2.74 bits per heavy atom. The third kappa shape index (κ3) is 3.25. The summed E-state index contributed by atoms with van der Waals surface area (Å²) in [5.41, 5.74) is 0.749. The van der Waals surface area contributed by atoms with Crippen LogP contribution in [0.1, 0.15) is 35.1 Å². The normalized spacial score (nSPS) is 16.7. The van der Waals surface area contributed by atoms with Gasteiger partial charge in [0.15, 0.2) is 5.13 Å². The first-order chi connectivity index (χ1) is 9.15. The largest absolute Gasteiger partial charge is 0.465 e. The van der Waals surface area contributed by atoms with E-state index in [0.717, 1.165) is 43.4 Å². The van der Waals surface area contributed by atoms with Gasteiger partial charge in [-0.2, -0.15) is 0 Å². The molecule has 0 bridgehead atoms. The first-order valence-corrected chi connectivity index (χ1v) is 7.39. The second-order valence-corrected chi connectivity index (χ2v) is 5.52. The highest BCUT2D eigenvalue weighted by molar-refractivity contribution is 7.17. The van der Waals surface area contributed by atoms with E-state index in [1.54, 1.807) is 0 Å². The van der Waals surface area contributed by atoms with Crippen LogP contribution in [0.15, 0.2) is 0 Å². The van der Waals surface area contributed by atoms with E-state index >= 15 is 0 Å². The van der Waals surface area contributed by atoms with Crippen LogP contribution in [0.3, 0.4) is 0 Å². The molecule has 1 aromatic rings. The van der Waals surface area contributed by atoms with Crippen LogP contribution < -0.4 is 4.90 Å². The van der Waals surface area contributed by atoms with Gasteiger partial charge in [0.05, 0.1) is 18.9 Å². The Labute approximate surface area is 117 Å². The van der Waals surface area contributed by atoms with E-state index in [-0.39, 0.29) is 5.97 Å². The fraction of sp³-hybridized carbons (Fsp3) is 0.692. The highest BCUT2D eigenvalue weighted by Gasteiger charge is 2.24. The standard InChI is InChI=1S/C13H20N2O3S/c1-4-18-10-5-7-15(8-6-10)13-14-9(2)11(19-13)12(16)17-3/h10H,4-8H2,1-3H3. The van der Waals surface area contributed by atoms with E-state index in [1.165, 1.54) is 18.4 Å². The molecule has 19 heavy (non-hydrogen) atoms. The first-order valence-electron chi connectivity index (χ1n) is 6.58. The molecular weight excluding hydrogens is 264 g/mol. The Morgan fingerprint density at radius 2 is 2.16 bits per heavy atom. The molecule has 1 aromatic heterocycles. The van der Waals surface area contributed by atoms with Crippen molar-refractivity contribution in [2.45, 2.75) is 32.8 Å². The van der Waals surface area contributed by atoms with Gasteiger partial charge in [0.25, 0.3) is 0 Å². The van der Waals surface area contributed by atoms with Gasteiger partial charge in [-0.15, -0.1) is 0 Å². The molecule has 1 aliphatic rings. The van der Waals surface area contributed by atoms with E-state index in [2.05, 4.69) is 9.88 Å². The van der Waals surface area contributed by atoms with Gasteiger partial charge in [-0.05, 0) is 26.7 Å². The average molecular weight is 284 g/mol. The summed E-state index contributed by atoms with van der Waals surface area (Å²) in [6, 6.07) is 0. The number of aryl methyl sites for hydroxylation is 1. The summed E-state index contributed by atoms with van der Waals surface area (Å²) >= 11 is 1.41. The molecule has 6 heteroatoms. The van der Waals surface area contributed by atoms with E-state index in [1.807, 2.05) is 13.8 Å². The summed E-state index contributed by atoms with van der Waals surface area (Å²) in [6.45, 7) is 6.50. The molecule has 0 spiro atoms. The second-order valence-electron chi connectivity index (χ2n) is 4.54. The van der Waals surface area contributed by atoms with Crippen LogP contribution in [0.5, 0.6) is 0 Å². The molecule has 0 N–H and O–H groups in total. The molecular formula is C13H20N2O3S. The lowest BCUT2D eigenvalue weighted by Crippen LogP contribution is -2.37. The molecule has 0 amide bonds. The molecule has 106 valence electrons. The van der Waals surface area contributed by atoms with Gasteiger partial charge in [-0.3, -0.25) is 0 Å². The van der Waals surface area contributed by atoms with E-state index in [4.69, 9.17) is 9.47 Å². The number of esters is 1. The number of anilines is 1. The Hall–Kier alpha value is -1.14. The Morgan fingerprint density at radius 1 is 1.47 bits per heavy atom. The number of carbonyl (C=O) groups is 1. The zero-order valence-electron chi connectivity index (χ0n) is 11.6. The van der Waals surface area contributed by atoms with Gasteiger partial charge < -0.3 is 14.4 Å². The fourth-order valence-corrected chi connectivity index (χ4v) is 3.29. The summed E-state index contributed by atoms with van der Waals surface area (Å²) in [6.07, 6.45) is 2.39. The predicted octanol–water partition coefficient (Wildman–Crippen LogP) is 2.24. The van der Waals surface area contributed by atoms with Crippen LogP contribution in [0, 0.1) is 6.92 Å². The van der Waals surface area contributed by atoms with E-state index in [9.17, 15) is 4.79 Å². The zero-order chi connectivity index (χ0) is 13.8. The topological polar surface area (TPSA) is 51.7 Å². The minimum absolute atomic E-state index is 0.301. The highest BCUT2D eigenvalue weighted by atomic mass is 32.1. The molecule has 2 heterocycles. The fourth-order valence-electron chi connectivity index (χ4n) is 2.25. The van der Waals surface area contributed by atoms with Crippen molar-refractivity contribution in [3.8, 4) is 0 Å². The van der Waals surface area contributed by atoms with Crippen molar-refractivity contribution >= 4 is 22.4 Å². The minimum Gasteiger partial charge on any atom is -0.465 e. The second kappa shape index (κ2) is 6.34. The summed E-state index contributed by atoms with van der Waals surface area (Å²) in [5, 5.41) is 0.910. The number of aromatic nitrogens is 1. The maximum absolute atomic E-state index is 11.6. The maximum Gasteiger partial charge on any atom is 0.350 e. The average Bonchev–Trinajstić information content (AvgIpc) is 2.81. The molecule has 1 fully saturated rings. The number of rotatable bonds is 4. The smallest absolute Gasteiger partial charge is 0.350 e. The Balaban J connectivity index is 2.02. The highest BCUT2D eigenvalue weighted by Crippen LogP contribution is 2.29. The molecule has 1 saturated heterocycles. The number of carbonyl (C=O) groups excluding carboxylic acids is 1. The molecule has 0 aliphatic carbocycles. The Kier molecular flexibility index (Phi) is 4.76. The van der Waals surface area contributed by atoms with Crippen molar-refractivity contribution in [1.82, 2.24) is 4.98 Å². The predicted molar refractivity (Wildman–Crippen MR) is 75.1 cm³/mol. The third-order valence-corrected chi connectivity index (χ3v) is 4.47. The number of hydrogen-bond donors (Lipinski definition) is 0. The first kappa shape index (κ1) is 14.3. The van der Waals surface area contributed by atoms with Crippen molar-refractivity contribution in [3.63, 3.8) is 0 Å². The number of piperidine rings is 1. The third-order valence-electron chi connectivity index (χ3n) is 3.27. The number of ether oxygens (including phenoxy) is 2. The maximum atomic E-state index is 11.6. The number of nitrogens with zero attached hydrogens (tertiary/aromatic N) is 2. The lowest BCUT2D eigenvalue weighted by Gasteiger charge is -2.31. The molecule has 0 radical (unpaired) electrons. The van der Waals surface area contributed by atoms with Crippen molar-refractivity contribution in [1.29, 1.82) is 0 Å². The number of methoxy groups -OCH3 is 1. The molecule has 5 nitrogen and oxygen atoms in total. The Bertz CT molecular complexity index is 439. The monoisotopic (exact) mass is 284 g/mol. The lowest BCUT2D eigenvalue weighted by atomic mass is 10.1. The summed E-state index contributed by atoms with van der Waals surface area (Å²) in [7, 11) is 1.40. The van der Waals surface area contributed by atoms with Gasteiger partial charge in [0.2, 0.25) is 0 Å². The van der Waals surface area contributed by atoms with Crippen molar-refractivity contribution in [3.05, 3.63) is 10.6 Å². The SMILES string of the molecule is CCOC1CCN(c2nc(C)c(C(=O)OC)s2)CC1. The molecule has 0 saturated carbocycles. The van der Waals surface area contributed by atoms with Crippen LogP contribution >= 0.6 is 11.3 Å². The molecule has 1 aliphatic heterocycles. The number of thiazole rings is 1. The van der Waals surface area contributed by atoms with Gasteiger partial charge >= 0.3 is 5.97 Å². The zero-order valence-corrected chi connectivity index (χ0v) is 12.5.